The minimum atomic E-state index is -0.0513. The first kappa shape index (κ1) is 20.5. The van der Waals surface area contributed by atoms with Crippen LogP contribution < -0.4 is 10.7 Å². The number of pyridine rings is 1. The monoisotopic (exact) mass is 437 g/mol. The predicted octanol–water partition coefficient (Wildman–Crippen LogP) is 5.58. The van der Waals surface area contributed by atoms with Gasteiger partial charge in [-0.3, -0.25) is 9.89 Å². The van der Waals surface area contributed by atoms with Crippen LogP contribution in [0.1, 0.15) is 22.4 Å². The molecule has 33 heavy (non-hydrogen) atoms. The SMILES string of the molecule is C=C(Nc1ccc(C)nc1-c1n[nH][nH]1)c1cc(C)cc2c(=O)c(C)c(-c3ccccc3)oc12. The van der Waals surface area contributed by atoms with Crippen molar-refractivity contribution in [3.05, 3.63) is 93.8 Å². The van der Waals surface area contributed by atoms with E-state index in [2.05, 4.69) is 32.3 Å². The smallest absolute Gasteiger partial charge is 0.196 e. The highest BCUT2D eigenvalue weighted by Gasteiger charge is 2.19. The first-order valence-electron chi connectivity index (χ1n) is 10.6. The van der Waals surface area contributed by atoms with E-state index in [4.69, 9.17) is 4.42 Å². The zero-order valence-corrected chi connectivity index (χ0v) is 18.6. The highest BCUT2D eigenvalue weighted by molar-refractivity contribution is 5.94. The summed E-state index contributed by atoms with van der Waals surface area (Å²) < 4.78 is 6.37. The molecule has 0 spiro atoms. The number of H-pyrrole nitrogens is 2. The molecule has 3 aromatic heterocycles. The van der Waals surface area contributed by atoms with Gasteiger partial charge in [0.15, 0.2) is 11.3 Å². The third-order valence-electron chi connectivity index (χ3n) is 5.61. The highest BCUT2D eigenvalue weighted by Crippen LogP contribution is 2.32. The molecule has 0 fully saturated rings. The number of hydrogen-bond donors (Lipinski definition) is 3. The number of fused-ring (bicyclic) bond motifs is 1. The lowest BCUT2D eigenvalue weighted by Crippen LogP contribution is -2.10. The molecule has 0 aliphatic rings. The maximum absolute atomic E-state index is 13.3. The molecule has 0 atom stereocenters. The second kappa shape index (κ2) is 7.94. The van der Waals surface area contributed by atoms with Crippen molar-refractivity contribution in [1.82, 2.24) is 20.4 Å². The summed E-state index contributed by atoms with van der Waals surface area (Å²) in [5.74, 6) is 1.19. The van der Waals surface area contributed by atoms with Crippen molar-refractivity contribution < 1.29 is 4.42 Å². The Bertz CT molecular complexity index is 1550. The fraction of sp³-hybridized carbons (Fsp3) is 0.115. The number of aromatic nitrogens is 4. The summed E-state index contributed by atoms with van der Waals surface area (Å²) in [5, 5.41) is 13.6. The van der Waals surface area contributed by atoms with Crippen molar-refractivity contribution >= 4 is 22.4 Å². The lowest BCUT2D eigenvalue weighted by atomic mass is 10.0. The van der Waals surface area contributed by atoms with Gasteiger partial charge in [0.25, 0.3) is 0 Å². The van der Waals surface area contributed by atoms with E-state index in [1.54, 1.807) is 6.92 Å². The van der Waals surface area contributed by atoms with Crippen LogP contribution in [-0.4, -0.2) is 20.4 Å². The van der Waals surface area contributed by atoms with Gasteiger partial charge >= 0.3 is 0 Å². The Morgan fingerprint density at radius 3 is 2.52 bits per heavy atom. The largest absolute Gasteiger partial charge is 0.455 e. The Kier molecular flexibility index (Phi) is 4.94. The van der Waals surface area contributed by atoms with Crippen molar-refractivity contribution in [2.24, 2.45) is 0 Å². The van der Waals surface area contributed by atoms with E-state index < -0.39 is 0 Å². The van der Waals surface area contributed by atoms with Crippen molar-refractivity contribution in [2.45, 2.75) is 20.8 Å². The summed E-state index contributed by atoms with van der Waals surface area (Å²) in [5.41, 5.74) is 6.41. The summed E-state index contributed by atoms with van der Waals surface area (Å²) >= 11 is 0. The lowest BCUT2D eigenvalue weighted by Gasteiger charge is -2.17. The standard InChI is InChI=1S/C26H23N5O2/c1-14-12-19(17(4)28-21-11-10-15(2)27-22(21)26-29-31-30-26)25-20(13-14)23(32)16(3)24(33-25)18-8-6-5-7-9-18/h5-13,28,31H,4H2,1-3H3,(H,29,30). The minimum Gasteiger partial charge on any atom is -0.455 e. The summed E-state index contributed by atoms with van der Waals surface area (Å²) in [6, 6.07) is 17.3. The number of rotatable bonds is 5. The van der Waals surface area contributed by atoms with Gasteiger partial charge in [0.05, 0.1) is 11.1 Å². The fourth-order valence-corrected chi connectivity index (χ4v) is 3.92. The first-order chi connectivity index (χ1) is 15.9. The highest BCUT2D eigenvalue weighted by atomic mass is 16.3. The van der Waals surface area contributed by atoms with E-state index in [1.807, 2.05) is 68.4 Å². The second-order valence-corrected chi connectivity index (χ2v) is 8.09. The third-order valence-corrected chi connectivity index (χ3v) is 5.61. The molecule has 3 N–H and O–H groups in total. The van der Waals surface area contributed by atoms with E-state index in [9.17, 15) is 4.79 Å². The quantitative estimate of drug-likeness (QED) is 0.333. The Balaban J connectivity index is 1.65. The maximum Gasteiger partial charge on any atom is 0.196 e. The van der Waals surface area contributed by atoms with E-state index >= 15 is 0 Å². The molecule has 0 unspecified atom stereocenters. The van der Waals surface area contributed by atoms with E-state index in [0.29, 0.717) is 45.1 Å². The van der Waals surface area contributed by atoms with Crippen molar-refractivity contribution in [2.75, 3.05) is 5.32 Å². The molecule has 5 rings (SSSR count). The molecule has 164 valence electrons. The average Bonchev–Trinajstić information content (AvgIpc) is 2.77. The number of nitrogens with zero attached hydrogens (tertiary/aromatic N) is 2. The second-order valence-electron chi connectivity index (χ2n) is 8.09. The average molecular weight is 438 g/mol. The molecule has 0 aliphatic carbocycles. The van der Waals surface area contributed by atoms with Gasteiger partial charge in [0.1, 0.15) is 17.0 Å². The van der Waals surface area contributed by atoms with Crippen LogP contribution in [0, 0.1) is 20.8 Å². The van der Waals surface area contributed by atoms with Crippen molar-refractivity contribution in [1.29, 1.82) is 0 Å². The summed E-state index contributed by atoms with van der Waals surface area (Å²) in [6.45, 7) is 9.93. The number of aryl methyl sites for hydroxylation is 2. The van der Waals surface area contributed by atoms with E-state index in [0.717, 1.165) is 22.5 Å². The molecule has 3 heterocycles. The van der Waals surface area contributed by atoms with E-state index in [1.165, 1.54) is 0 Å². The molecule has 0 bridgehead atoms. The molecule has 0 radical (unpaired) electrons. The molecule has 0 amide bonds. The van der Waals surface area contributed by atoms with Crippen LogP contribution in [0.3, 0.4) is 0 Å². The minimum absolute atomic E-state index is 0.0513. The van der Waals surface area contributed by atoms with Crippen LogP contribution in [0.15, 0.2) is 70.4 Å². The van der Waals surface area contributed by atoms with Crippen LogP contribution in [-0.2, 0) is 0 Å². The molecule has 0 saturated carbocycles. The number of aromatic amines is 2. The predicted molar refractivity (Wildman–Crippen MR) is 131 cm³/mol. The van der Waals surface area contributed by atoms with Crippen molar-refractivity contribution in [3.63, 3.8) is 0 Å². The Labute approximate surface area is 190 Å². The van der Waals surface area contributed by atoms with Crippen LogP contribution in [0.5, 0.6) is 0 Å². The van der Waals surface area contributed by atoms with Gasteiger partial charge in [-0.15, -0.1) is 5.10 Å². The van der Waals surface area contributed by atoms with Crippen LogP contribution in [0.4, 0.5) is 5.69 Å². The van der Waals surface area contributed by atoms with Gasteiger partial charge in [0.2, 0.25) is 0 Å². The fourth-order valence-electron chi connectivity index (χ4n) is 3.92. The van der Waals surface area contributed by atoms with E-state index in [-0.39, 0.29) is 5.43 Å². The maximum atomic E-state index is 13.3. The molecular weight excluding hydrogens is 414 g/mol. The zero-order chi connectivity index (χ0) is 23.1. The van der Waals surface area contributed by atoms with Gasteiger partial charge in [-0.25, -0.2) is 10.2 Å². The van der Waals surface area contributed by atoms with Crippen LogP contribution >= 0.6 is 0 Å². The molecule has 7 heteroatoms. The van der Waals surface area contributed by atoms with Crippen LogP contribution in [0.25, 0.3) is 39.5 Å². The molecule has 0 aliphatic heterocycles. The number of anilines is 1. The molecule has 7 nitrogen and oxygen atoms in total. The molecular formula is C26H23N5O2. The Morgan fingerprint density at radius 2 is 1.82 bits per heavy atom. The number of hydrogen-bond acceptors (Lipinski definition) is 5. The van der Waals surface area contributed by atoms with Gasteiger partial charge in [-0.2, -0.15) is 0 Å². The van der Waals surface area contributed by atoms with Gasteiger partial charge in [-0.1, -0.05) is 36.9 Å². The lowest BCUT2D eigenvalue weighted by molar-refractivity contribution is 0.613. The Hall–Kier alpha value is -4.39. The van der Waals surface area contributed by atoms with Gasteiger partial charge in [-0.05, 0) is 50.6 Å². The topological polar surface area (TPSA) is 99.6 Å². The summed E-state index contributed by atoms with van der Waals surface area (Å²) in [7, 11) is 0. The number of benzene rings is 2. The molecule has 5 aromatic rings. The van der Waals surface area contributed by atoms with Crippen LogP contribution in [0.2, 0.25) is 0 Å². The van der Waals surface area contributed by atoms with Gasteiger partial charge < -0.3 is 9.73 Å². The Morgan fingerprint density at radius 1 is 1.06 bits per heavy atom. The summed E-state index contributed by atoms with van der Waals surface area (Å²) in [4.78, 5) is 17.9. The zero-order valence-electron chi connectivity index (χ0n) is 18.6. The molecule has 0 saturated heterocycles. The van der Waals surface area contributed by atoms with Crippen molar-refractivity contribution in [3.8, 4) is 22.8 Å². The number of nitrogens with one attached hydrogen (secondary N) is 3. The first-order valence-corrected chi connectivity index (χ1v) is 10.6. The normalized spacial score (nSPS) is 11.1. The summed E-state index contributed by atoms with van der Waals surface area (Å²) in [6.07, 6.45) is 0. The van der Waals surface area contributed by atoms with Gasteiger partial charge in [0, 0.05) is 28.1 Å². The third kappa shape index (κ3) is 3.63. The molecule has 2 aromatic carbocycles.